The Bertz CT molecular complexity index is 635. The molecule has 1 aromatic heterocycles. The van der Waals surface area contributed by atoms with Crippen LogP contribution in [0.25, 0.3) is 0 Å². The Balaban J connectivity index is 1.81. The van der Waals surface area contributed by atoms with Gasteiger partial charge < -0.3 is 19.4 Å². The number of hydrogen-bond donors (Lipinski definition) is 1. The fourth-order valence-corrected chi connectivity index (χ4v) is 3.89. The number of nitrogens with zero attached hydrogens (tertiary/aromatic N) is 3. The van der Waals surface area contributed by atoms with E-state index in [-0.39, 0.29) is 18.5 Å². The van der Waals surface area contributed by atoms with Gasteiger partial charge in [-0.3, -0.25) is 4.99 Å². The summed E-state index contributed by atoms with van der Waals surface area (Å²) in [6, 6.07) is 3.73. The summed E-state index contributed by atoms with van der Waals surface area (Å²) in [4.78, 5) is 6.32. The largest absolute Gasteiger partial charge is 0.467 e. The third-order valence-corrected chi connectivity index (χ3v) is 5.77. The fraction of sp³-hybridized carbons (Fsp3) is 0.688. The molecule has 9 heteroatoms. The molecular formula is C16H28N4O4S. The normalized spacial score (nSPS) is 17.3. The SMILES string of the molecule is CN=C(NCc1ccco1)N1CCN(S(=O)(=O)CCOC(C)C)CC1. The van der Waals surface area contributed by atoms with E-state index in [2.05, 4.69) is 15.2 Å². The van der Waals surface area contributed by atoms with E-state index in [1.165, 1.54) is 4.31 Å². The average molecular weight is 372 g/mol. The lowest BCUT2D eigenvalue weighted by Crippen LogP contribution is -2.54. The average Bonchev–Trinajstić information content (AvgIpc) is 3.09. The second-order valence-corrected chi connectivity index (χ2v) is 8.19. The van der Waals surface area contributed by atoms with Crippen molar-refractivity contribution < 1.29 is 17.6 Å². The van der Waals surface area contributed by atoms with Crippen LogP contribution >= 0.6 is 0 Å². The van der Waals surface area contributed by atoms with Crippen LogP contribution in [-0.4, -0.2) is 75.3 Å². The molecule has 1 aromatic rings. The van der Waals surface area contributed by atoms with Crippen LogP contribution in [-0.2, 0) is 21.3 Å². The molecular weight excluding hydrogens is 344 g/mol. The zero-order chi connectivity index (χ0) is 18.3. The molecule has 1 aliphatic heterocycles. The Labute approximate surface area is 149 Å². The van der Waals surface area contributed by atoms with Gasteiger partial charge in [-0.2, -0.15) is 4.31 Å². The van der Waals surface area contributed by atoms with Crippen molar-refractivity contribution in [3.05, 3.63) is 24.2 Å². The van der Waals surface area contributed by atoms with Gasteiger partial charge in [0.15, 0.2) is 5.96 Å². The van der Waals surface area contributed by atoms with Crippen LogP contribution in [0, 0.1) is 0 Å². The summed E-state index contributed by atoms with van der Waals surface area (Å²) in [5, 5.41) is 3.24. The minimum atomic E-state index is -3.28. The molecule has 1 fully saturated rings. The molecule has 0 saturated carbocycles. The number of piperazine rings is 1. The summed E-state index contributed by atoms with van der Waals surface area (Å²) in [5.74, 6) is 1.60. The first kappa shape index (κ1) is 19.7. The highest BCUT2D eigenvalue weighted by Crippen LogP contribution is 2.09. The lowest BCUT2D eigenvalue weighted by atomic mass is 10.4. The maximum absolute atomic E-state index is 12.4. The van der Waals surface area contributed by atoms with Crippen molar-refractivity contribution in [3.8, 4) is 0 Å². The Morgan fingerprint density at radius 1 is 1.36 bits per heavy atom. The molecule has 1 N–H and O–H groups in total. The molecule has 0 unspecified atom stereocenters. The van der Waals surface area contributed by atoms with Crippen LogP contribution in [0.2, 0.25) is 0 Å². The Morgan fingerprint density at radius 3 is 2.64 bits per heavy atom. The third kappa shape index (κ3) is 6.02. The van der Waals surface area contributed by atoms with Crippen molar-refractivity contribution in [1.82, 2.24) is 14.5 Å². The molecule has 8 nitrogen and oxygen atoms in total. The van der Waals surface area contributed by atoms with E-state index in [4.69, 9.17) is 9.15 Å². The number of hydrogen-bond acceptors (Lipinski definition) is 5. The van der Waals surface area contributed by atoms with E-state index in [1.54, 1.807) is 13.3 Å². The molecule has 0 spiro atoms. The predicted octanol–water partition coefficient (Wildman–Crippen LogP) is 0.727. The van der Waals surface area contributed by atoms with Gasteiger partial charge >= 0.3 is 0 Å². The van der Waals surface area contributed by atoms with Gasteiger partial charge in [0.2, 0.25) is 10.0 Å². The van der Waals surface area contributed by atoms with Gasteiger partial charge in [-0.15, -0.1) is 0 Å². The monoisotopic (exact) mass is 372 g/mol. The van der Waals surface area contributed by atoms with E-state index in [9.17, 15) is 8.42 Å². The maximum atomic E-state index is 12.4. The van der Waals surface area contributed by atoms with E-state index >= 15 is 0 Å². The van der Waals surface area contributed by atoms with E-state index in [0.717, 1.165) is 11.7 Å². The highest BCUT2D eigenvalue weighted by atomic mass is 32.2. The molecule has 2 rings (SSSR count). The molecule has 2 heterocycles. The molecule has 0 radical (unpaired) electrons. The van der Waals surface area contributed by atoms with Gasteiger partial charge in [-0.05, 0) is 26.0 Å². The quantitative estimate of drug-likeness (QED) is 0.561. The molecule has 0 atom stereocenters. The first-order valence-electron chi connectivity index (χ1n) is 8.50. The highest BCUT2D eigenvalue weighted by molar-refractivity contribution is 7.89. The van der Waals surface area contributed by atoms with Crippen LogP contribution in [0.4, 0.5) is 0 Å². The topological polar surface area (TPSA) is 87.4 Å². The Kier molecular flexibility index (Phi) is 7.27. The maximum Gasteiger partial charge on any atom is 0.216 e. The lowest BCUT2D eigenvalue weighted by molar-refractivity contribution is 0.0904. The standard InChI is InChI=1S/C16H28N4O4S/c1-14(2)23-11-12-25(21,22)20-8-6-19(7-9-20)16(17-3)18-13-15-5-4-10-24-15/h4-5,10,14H,6-9,11-13H2,1-3H3,(H,17,18). The third-order valence-electron chi connectivity index (χ3n) is 3.94. The van der Waals surface area contributed by atoms with Gasteiger partial charge in [0.05, 0.1) is 31.3 Å². The van der Waals surface area contributed by atoms with Crippen molar-refractivity contribution in [2.45, 2.75) is 26.5 Å². The van der Waals surface area contributed by atoms with Crippen molar-refractivity contribution in [1.29, 1.82) is 0 Å². The smallest absolute Gasteiger partial charge is 0.216 e. The van der Waals surface area contributed by atoms with Gasteiger partial charge in [0.1, 0.15) is 5.76 Å². The van der Waals surface area contributed by atoms with Gasteiger partial charge in [0, 0.05) is 33.2 Å². The first-order valence-corrected chi connectivity index (χ1v) is 10.1. The van der Waals surface area contributed by atoms with Gasteiger partial charge in [-0.1, -0.05) is 0 Å². The summed E-state index contributed by atoms with van der Waals surface area (Å²) >= 11 is 0. The molecule has 142 valence electrons. The number of ether oxygens (including phenoxy) is 1. The number of aliphatic imine (C=N–C) groups is 1. The first-order chi connectivity index (χ1) is 11.9. The van der Waals surface area contributed by atoms with Crippen molar-refractivity contribution in [2.75, 3.05) is 45.6 Å². The van der Waals surface area contributed by atoms with E-state index in [0.29, 0.717) is 32.7 Å². The fourth-order valence-electron chi connectivity index (χ4n) is 2.61. The number of guanidine groups is 1. The summed E-state index contributed by atoms with van der Waals surface area (Å²) in [7, 11) is -1.56. The molecule has 0 amide bonds. The molecule has 0 aromatic carbocycles. The number of rotatable bonds is 7. The van der Waals surface area contributed by atoms with Crippen molar-refractivity contribution in [3.63, 3.8) is 0 Å². The summed E-state index contributed by atoms with van der Waals surface area (Å²) in [5.41, 5.74) is 0. The number of sulfonamides is 1. The zero-order valence-corrected chi connectivity index (χ0v) is 16.0. The Morgan fingerprint density at radius 2 is 2.08 bits per heavy atom. The lowest BCUT2D eigenvalue weighted by Gasteiger charge is -2.35. The van der Waals surface area contributed by atoms with E-state index in [1.807, 2.05) is 26.0 Å². The van der Waals surface area contributed by atoms with Gasteiger partial charge in [-0.25, -0.2) is 8.42 Å². The summed E-state index contributed by atoms with van der Waals surface area (Å²) in [6.45, 7) is 6.66. The van der Waals surface area contributed by atoms with Crippen molar-refractivity contribution in [2.24, 2.45) is 4.99 Å². The molecule has 0 bridgehead atoms. The van der Waals surface area contributed by atoms with E-state index < -0.39 is 10.0 Å². The van der Waals surface area contributed by atoms with Crippen LogP contribution < -0.4 is 5.32 Å². The second-order valence-electron chi connectivity index (χ2n) is 6.10. The van der Waals surface area contributed by atoms with Crippen LogP contribution in [0.1, 0.15) is 19.6 Å². The van der Waals surface area contributed by atoms with Crippen LogP contribution in [0.15, 0.2) is 27.8 Å². The predicted molar refractivity (Wildman–Crippen MR) is 96.9 cm³/mol. The summed E-state index contributed by atoms with van der Waals surface area (Å²) in [6.07, 6.45) is 1.67. The molecule has 1 aliphatic rings. The molecule has 0 aliphatic carbocycles. The van der Waals surface area contributed by atoms with Crippen molar-refractivity contribution >= 4 is 16.0 Å². The minimum Gasteiger partial charge on any atom is -0.467 e. The number of nitrogens with one attached hydrogen (secondary N) is 1. The highest BCUT2D eigenvalue weighted by Gasteiger charge is 2.28. The number of furan rings is 1. The van der Waals surface area contributed by atoms with Gasteiger partial charge in [0.25, 0.3) is 0 Å². The van der Waals surface area contributed by atoms with Crippen LogP contribution in [0.3, 0.4) is 0 Å². The zero-order valence-electron chi connectivity index (χ0n) is 15.1. The minimum absolute atomic E-state index is 0.0245. The molecule has 1 saturated heterocycles. The van der Waals surface area contributed by atoms with Crippen LogP contribution in [0.5, 0.6) is 0 Å². The second kappa shape index (κ2) is 9.21. The molecule has 25 heavy (non-hydrogen) atoms. The Hall–Kier alpha value is -1.58. The summed E-state index contributed by atoms with van der Waals surface area (Å²) < 4.78 is 36.9.